The first kappa shape index (κ1) is 21.3. The van der Waals surface area contributed by atoms with Crippen molar-refractivity contribution in [2.75, 3.05) is 13.7 Å². The molecule has 0 bridgehead atoms. The van der Waals surface area contributed by atoms with E-state index in [4.69, 9.17) is 4.74 Å². The summed E-state index contributed by atoms with van der Waals surface area (Å²) in [6, 6.07) is 8.22. The standard InChI is InChI=1S/C24H35N3O3/c1-16(25-2)23(28)26-22-10-6-5-9-19-11-12-20(27(19)24(22)29)15-30-21-13-17-7-3-4-8-18(17)14-21/h3-4,7-8,16,19-22,25H,5-6,9-15H2,1-2H3,(H,26,28)/t16?,19-,20-,22-/m0/s1. The maximum atomic E-state index is 13.4. The molecule has 0 spiro atoms. The van der Waals surface area contributed by atoms with Gasteiger partial charge in [-0.25, -0.2) is 0 Å². The van der Waals surface area contributed by atoms with Gasteiger partial charge in [0.2, 0.25) is 11.8 Å². The lowest BCUT2D eigenvalue weighted by atomic mass is 9.98. The summed E-state index contributed by atoms with van der Waals surface area (Å²) >= 11 is 0. The van der Waals surface area contributed by atoms with Gasteiger partial charge in [-0.1, -0.05) is 37.1 Å². The monoisotopic (exact) mass is 413 g/mol. The molecule has 3 aliphatic rings. The average molecular weight is 414 g/mol. The number of amides is 2. The third-order valence-corrected chi connectivity index (χ3v) is 7.13. The molecular formula is C24H35N3O3. The van der Waals surface area contributed by atoms with Crippen LogP contribution in [0.25, 0.3) is 0 Å². The van der Waals surface area contributed by atoms with Crippen LogP contribution in [0.15, 0.2) is 24.3 Å². The number of likely N-dealkylation sites (N-methyl/N-ethyl adjacent to an activating group) is 1. The van der Waals surface area contributed by atoms with Crippen LogP contribution in [-0.2, 0) is 27.2 Å². The van der Waals surface area contributed by atoms with Crippen molar-refractivity contribution in [3.63, 3.8) is 0 Å². The quantitative estimate of drug-likeness (QED) is 0.750. The van der Waals surface area contributed by atoms with Gasteiger partial charge in [0.25, 0.3) is 0 Å². The fourth-order valence-corrected chi connectivity index (χ4v) is 5.25. The van der Waals surface area contributed by atoms with Crippen LogP contribution in [0.3, 0.4) is 0 Å². The Morgan fingerprint density at radius 3 is 2.53 bits per heavy atom. The van der Waals surface area contributed by atoms with Gasteiger partial charge in [-0.2, -0.15) is 0 Å². The van der Waals surface area contributed by atoms with Crippen molar-refractivity contribution in [2.45, 2.75) is 88.6 Å². The van der Waals surface area contributed by atoms with Gasteiger partial charge in [-0.15, -0.1) is 0 Å². The fraction of sp³-hybridized carbons (Fsp3) is 0.667. The summed E-state index contributed by atoms with van der Waals surface area (Å²) in [4.78, 5) is 27.9. The first-order valence-electron chi connectivity index (χ1n) is 11.5. The van der Waals surface area contributed by atoms with Gasteiger partial charge in [0.1, 0.15) is 6.04 Å². The summed E-state index contributed by atoms with van der Waals surface area (Å²) in [5, 5.41) is 5.95. The molecule has 1 aromatic carbocycles. The Labute approximate surface area is 179 Å². The molecule has 2 saturated heterocycles. The van der Waals surface area contributed by atoms with Gasteiger partial charge < -0.3 is 20.3 Å². The zero-order chi connectivity index (χ0) is 21.1. The second-order valence-corrected chi connectivity index (χ2v) is 9.12. The van der Waals surface area contributed by atoms with Gasteiger partial charge in [-0.05, 0) is 63.6 Å². The Hall–Kier alpha value is -1.92. The van der Waals surface area contributed by atoms with Crippen molar-refractivity contribution in [3.05, 3.63) is 35.4 Å². The molecule has 0 aromatic heterocycles. The Morgan fingerprint density at radius 2 is 1.83 bits per heavy atom. The molecule has 0 saturated carbocycles. The van der Waals surface area contributed by atoms with Crippen LogP contribution in [0.4, 0.5) is 0 Å². The minimum atomic E-state index is -0.424. The van der Waals surface area contributed by atoms with E-state index in [1.165, 1.54) is 11.1 Å². The first-order valence-corrected chi connectivity index (χ1v) is 11.5. The SMILES string of the molecule is CNC(C)C(=O)N[C@H]1CCCC[C@H]2CC[C@@H](COC3Cc4ccccc4C3)N2C1=O. The summed E-state index contributed by atoms with van der Waals surface area (Å²) in [5.74, 6) is -0.0270. The van der Waals surface area contributed by atoms with Crippen molar-refractivity contribution in [1.29, 1.82) is 0 Å². The van der Waals surface area contributed by atoms with E-state index < -0.39 is 6.04 Å². The Morgan fingerprint density at radius 1 is 1.13 bits per heavy atom. The Kier molecular flexibility index (Phi) is 6.74. The number of benzene rings is 1. The molecule has 1 aliphatic carbocycles. The van der Waals surface area contributed by atoms with E-state index in [0.717, 1.165) is 51.4 Å². The van der Waals surface area contributed by atoms with Crippen LogP contribution in [0, 0.1) is 0 Å². The molecule has 2 fully saturated rings. The first-order chi connectivity index (χ1) is 14.6. The van der Waals surface area contributed by atoms with E-state index in [9.17, 15) is 9.59 Å². The lowest BCUT2D eigenvalue weighted by Gasteiger charge is -2.36. The molecule has 2 aliphatic heterocycles. The highest BCUT2D eigenvalue weighted by Crippen LogP contribution is 2.32. The van der Waals surface area contributed by atoms with Crippen LogP contribution in [-0.4, -0.2) is 60.6 Å². The second-order valence-electron chi connectivity index (χ2n) is 9.12. The largest absolute Gasteiger partial charge is 0.375 e. The van der Waals surface area contributed by atoms with Gasteiger partial charge in [0.15, 0.2) is 0 Å². The molecule has 2 amide bonds. The number of carbonyl (C=O) groups is 2. The van der Waals surface area contributed by atoms with Crippen molar-refractivity contribution >= 4 is 11.8 Å². The molecule has 2 heterocycles. The predicted octanol–water partition coefficient (Wildman–Crippen LogP) is 2.20. The molecule has 30 heavy (non-hydrogen) atoms. The normalized spacial score (nSPS) is 27.9. The number of carbonyl (C=O) groups excluding carboxylic acids is 2. The molecule has 6 heteroatoms. The average Bonchev–Trinajstić information content (AvgIpc) is 3.35. The number of fused-ring (bicyclic) bond motifs is 2. The molecule has 4 atom stereocenters. The van der Waals surface area contributed by atoms with E-state index in [1.807, 2.05) is 6.92 Å². The second kappa shape index (κ2) is 9.48. The summed E-state index contributed by atoms with van der Waals surface area (Å²) in [7, 11) is 1.76. The van der Waals surface area contributed by atoms with E-state index in [-0.39, 0.29) is 36.0 Å². The van der Waals surface area contributed by atoms with E-state index in [0.29, 0.717) is 6.61 Å². The molecule has 4 rings (SSSR count). The number of rotatable bonds is 6. The number of hydrogen-bond acceptors (Lipinski definition) is 4. The van der Waals surface area contributed by atoms with Crippen molar-refractivity contribution in [1.82, 2.24) is 15.5 Å². The third kappa shape index (κ3) is 4.54. The van der Waals surface area contributed by atoms with Gasteiger partial charge in [0, 0.05) is 6.04 Å². The van der Waals surface area contributed by atoms with Crippen molar-refractivity contribution in [3.8, 4) is 0 Å². The van der Waals surface area contributed by atoms with Crippen molar-refractivity contribution in [2.24, 2.45) is 0 Å². The fourth-order valence-electron chi connectivity index (χ4n) is 5.25. The zero-order valence-electron chi connectivity index (χ0n) is 18.2. The third-order valence-electron chi connectivity index (χ3n) is 7.13. The highest BCUT2D eigenvalue weighted by atomic mass is 16.5. The highest BCUT2D eigenvalue weighted by molar-refractivity contribution is 5.90. The van der Waals surface area contributed by atoms with Crippen LogP contribution in [0.5, 0.6) is 0 Å². The number of nitrogens with zero attached hydrogens (tertiary/aromatic N) is 1. The van der Waals surface area contributed by atoms with E-state index >= 15 is 0 Å². The molecule has 1 aromatic rings. The van der Waals surface area contributed by atoms with Gasteiger partial charge in [0.05, 0.1) is 24.8 Å². The van der Waals surface area contributed by atoms with Gasteiger partial charge >= 0.3 is 0 Å². The lowest BCUT2D eigenvalue weighted by Crippen LogP contribution is -2.56. The minimum Gasteiger partial charge on any atom is -0.375 e. The topological polar surface area (TPSA) is 70.7 Å². The zero-order valence-corrected chi connectivity index (χ0v) is 18.2. The van der Waals surface area contributed by atoms with Crippen LogP contribution in [0.2, 0.25) is 0 Å². The summed E-state index contributed by atoms with van der Waals surface area (Å²) < 4.78 is 6.32. The smallest absolute Gasteiger partial charge is 0.245 e. The summed E-state index contributed by atoms with van der Waals surface area (Å²) in [6.45, 7) is 2.41. The number of ether oxygens (including phenoxy) is 1. The molecule has 2 N–H and O–H groups in total. The van der Waals surface area contributed by atoms with E-state index in [1.54, 1.807) is 7.05 Å². The maximum Gasteiger partial charge on any atom is 0.245 e. The summed E-state index contributed by atoms with van der Waals surface area (Å²) in [5.41, 5.74) is 2.77. The van der Waals surface area contributed by atoms with Crippen molar-refractivity contribution < 1.29 is 14.3 Å². The molecule has 164 valence electrons. The Balaban J connectivity index is 1.39. The molecule has 0 radical (unpaired) electrons. The minimum absolute atomic E-state index is 0.0807. The summed E-state index contributed by atoms with van der Waals surface area (Å²) in [6.07, 6.45) is 8.02. The number of nitrogens with one attached hydrogen (secondary N) is 2. The van der Waals surface area contributed by atoms with Gasteiger partial charge in [-0.3, -0.25) is 9.59 Å². The number of hydrogen-bond donors (Lipinski definition) is 2. The van der Waals surface area contributed by atoms with Crippen LogP contribution in [0.1, 0.15) is 56.6 Å². The van der Waals surface area contributed by atoms with Crippen LogP contribution < -0.4 is 10.6 Å². The van der Waals surface area contributed by atoms with Crippen LogP contribution >= 0.6 is 0 Å². The molecule has 1 unspecified atom stereocenters. The lowest BCUT2D eigenvalue weighted by molar-refractivity contribution is -0.141. The Bertz CT molecular complexity index is 743. The highest BCUT2D eigenvalue weighted by Gasteiger charge is 2.41. The predicted molar refractivity (Wildman–Crippen MR) is 116 cm³/mol. The molecular weight excluding hydrogens is 378 g/mol. The van der Waals surface area contributed by atoms with E-state index in [2.05, 4.69) is 39.8 Å². The maximum absolute atomic E-state index is 13.4. The molecule has 6 nitrogen and oxygen atoms in total.